The molecule has 0 aliphatic rings. The van der Waals surface area contributed by atoms with Crippen molar-refractivity contribution in [2.75, 3.05) is 12.3 Å². The summed E-state index contributed by atoms with van der Waals surface area (Å²) in [5.74, 6) is -0.994. The van der Waals surface area contributed by atoms with Gasteiger partial charge in [-0.25, -0.2) is 0 Å². The van der Waals surface area contributed by atoms with Crippen LogP contribution in [0.25, 0.3) is 0 Å². The van der Waals surface area contributed by atoms with Crippen molar-refractivity contribution < 1.29 is 19.4 Å². The summed E-state index contributed by atoms with van der Waals surface area (Å²) in [5, 5.41) is 8.56. The van der Waals surface area contributed by atoms with Crippen LogP contribution in [0.3, 0.4) is 0 Å². The van der Waals surface area contributed by atoms with Crippen molar-refractivity contribution in [1.29, 1.82) is 0 Å². The molecule has 0 heterocycles. The lowest BCUT2D eigenvalue weighted by Gasteiger charge is -2.09. The van der Waals surface area contributed by atoms with Gasteiger partial charge in [0.2, 0.25) is 7.37 Å². The van der Waals surface area contributed by atoms with Crippen LogP contribution in [0.15, 0.2) is 0 Å². The average molecular weight is 391 g/mol. The summed E-state index contributed by atoms with van der Waals surface area (Å²) < 4.78 is 11.8. The highest BCUT2D eigenvalue weighted by atomic mass is 31.2. The molecule has 1 unspecified atom stereocenters. The molecule has 0 aromatic carbocycles. The van der Waals surface area contributed by atoms with E-state index in [2.05, 4.69) is 6.92 Å². The second-order valence-electron chi connectivity index (χ2n) is 7.74. The van der Waals surface area contributed by atoms with Gasteiger partial charge < -0.3 is 10.00 Å². The molecular formula is C21H43O4P. The van der Waals surface area contributed by atoms with Gasteiger partial charge in [-0.15, -0.1) is 0 Å². The van der Waals surface area contributed by atoms with E-state index in [0.717, 1.165) is 19.3 Å². The average Bonchev–Trinajstić information content (AvgIpc) is 2.60. The molecule has 4 nitrogen and oxygen atoms in total. The minimum atomic E-state index is -3.22. The molecule has 1 atom stereocenters. The number of unbranched alkanes of at least 4 members (excludes halogenated alkanes) is 15. The summed E-state index contributed by atoms with van der Waals surface area (Å²) in [6, 6.07) is 0. The predicted molar refractivity (Wildman–Crippen MR) is 111 cm³/mol. The Morgan fingerprint density at radius 1 is 0.654 bits per heavy atom. The van der Waals surface area contributed by atoms with Crippen LogP contribution in [0.2, 0.25) is 0 Å². The molecule has 0 aromatic heterocycles. The van der Waals surface area contributed by atoms with Crippen molar-refractivity contribution in [3.05, 3.63) is 0 Å². The summed E-state index contributed by atoms with van der Waals surface area (Å²) >= 11 is 0. The first-order valence-electron chi connectivity index (χ1n) is 11.0. The predicted octanol–water partition coefficient (Wildman–Crippen LogP) is 6.99. The van der Waals surface area contributed by atoms with Crippen LogP contribution >= 0.6 is 7.37 Å². The maximum Gasteiger partial charge on any atom is 0.303 e. The van der Waals surface area contributed by atoms with E-state index in [0.29, 0.717) is 0 Å². The van der Waals surface area contributed by atoms with Crippen LogP contribution in [-0.4, -0.2) is 28.3 Å². The van der Waals surface area contributed by atoms with E-state index in [1.54, 1.807) is 0 Å². The third-order valence-electron chi connectivity index (χ3n) is 5.04. The minimum Gasteiger partial charge on any atom is -0.481 e. The van der Waals surface area contributed by atoms with Crippen LogP contribution in [0.1, 0.15) is 116 Å². The number of hydrogen-bond donors (Lipinski definition) is 2. The van der Waals surface area contributed by atoms with E-state index in [1.807, 2.05) is 0 Å². The van der Waals surface area contributed by atoms with Crippen molar-refractivity contribution in [2.45, 2.75) is 116 Å². The molecule has 156 valence electrons. The first-order chi connectivity index (χ1) is 12.5. The molecule has 0 spiro atoms. The SMILES string of the molecule is CCCCCCCCCCCCCCCCCCP(=O)(O)CCC(=O)O. The van der Waals surface area contributed by atoms with E-state index >= 15 is 0 Å². The lowest BCUT2D eigenvalue weighted by atomic mass is 10.0. The Morgan fingerprint density at radius 2 is 1.00 bits per heavy atom. The maximum atomic E-state index is 11.8. The highest BCUT2D eigenvalue weighted by molar-refractivity contribution is 7.58. The molecule has 0 saturated carbocycles. The molecule has 0 aliphatic carbocycles. The fraction of sp³-hybridized carbons (Fsp3) is 0.952. The van der Waals surface area contributed by atoms with Crippen molar-refractivity contribution >= 4 is 13.3 Å². The zero-order chi connectivity index (χ0) is 19.5. The Hall–Kier alpha value is -0.340. The third kappa shape index (κ3) is 20.0. The molecule has 0 radical (unpaired) electrons. The maximum absolute atomic E-state index is 11.8. The molecule has 26 heavy (non-hydrogen) atoms. The van der Waals surface area contributed by atoms with Crippen molar-refractivity contribution in [1.82, 2.24) is 0 Å². The molecule has 0 rings (SSSR count). The third-order valence-corrected chi connectivity index (χ3v) is 6.97. The number of rotatable bonds is 20. The minimum absolute atomic E-state index is 0.0823. The summed E-state index contributed by atoms with van der Waals surface area (Å²) in [5.41, 5.74) is 0. The Balaban J connectivity index is 3.22. The monoisotopic (exact) mass is 390 g/mol. The molecular weight excluding hydrogens is 347 g/mol. The highest BCUT2D eigenvalue weighted by Gasteiger charge is 2.18. The van der Waals surface area contributed by atoms with Gasteiger partial charge in [0, 0.05) is 12.3 Å². The van der Waals surface area contributed by atoms with Crippen LogP contribution < -0.4 is 0 Å². The zero-order valence-corrected chi connectivity index (χ0v) is 18.0. The van der Waals surface area contributed by atoms with E-state index in [-0.39, 0.29) is 18.7 Å². The van der Waals surface area contributed by atoms with Crippen LogP contribution in [-0.2, 0) is 9.36 Å². The van der Waals surface area contributed by atoms with Gasteiger partial charge >= 0.3 is 5.97 Å². The summed E-state index contributed by atoms with van der Waals surface area (Å²) in [6.45, 7) is 2.26. The van der Waals surface area contributed by atoms with Gasteiger partial charge in [-0.1, -0.05) is 103 Å². The van der Waals surface area contributed by atoms with Crippen LogP contribution in [0.4, 0.5) is 0 Å². The van der Waals surface area contributed by atoms with E-state index in [1.165, 1.54) is 83.5 Å². The molecule has 0 aliphatic heterocycles. The number of carbonyl (C=O) groups is 1. The quantitative estimate of drug-likeness (QED) is 0.173. The number of carboxylic acid groups (broad SMARTS) is 1. The van der Waals surface area contributed by atoms with Gasteiger partial charge in [0.05, 0.1) is 6.42 Å². The number of carboxylic acids is 1. The largest absolute Gasteiger partial charge is 0.481 e. The second-order valence-corrected chi connectivity index (χ2v) is 10.3. The Morgan fingerprint density at radius 3 is 1.35 bits per heavy atom. The first kappa shape index (κ1) is 25.7. The standard InChI is InChI=1S/C21H43O4P/c1-2-3-4-5-6-7-8-9-10-11-12-13-14-15-16-17-19-26(24,25)20-18-21(22)23/h2-20H2,1H3,(H,22,23)(H,24,25). The van der Waals surface area contributed by atoms with Crippen molar-refractivity contribution in [3.63, 3.8) is 0 Å². The van der Waals surface area contributed by atoms with Crippen LogP contribution in [0.5, 0.6) is 0 Å². The fourth-order valence-electron chi connectivity index (χ4n) is 3.29. The smallest absolute Gasteiger partial charge is 0.303 e. The highest BCUT2D eigenvalue weighted by Crippen LogP contribution is 2.42. The van der Waals surface area contributed by atoms with Crippen molar-refractivity contribution in [2.24, 2.45) is 0 Å². The summed E-state index contributed by atoms with van der Waals surface area (Å²) in [7, 11) is -3.22. The van der Waals surface area contributed by atoms with E-state index < -0.39 is 13.3 Å². The molecule has 2 N–H and O–H groups in total. The molecule has 5 heteroatoms. The van der Waals surface area contributed by atoms with Gasteiger partial charge in [-0.05, 0) is 6.42 Å². The van der Waals surface area contributed by atoms with E-state index in [4.69, 9.17) is 5.11 Å². The Kier molecular flexibility index (Phi) is 17.8. The fourth-order valence-corrected chi connectivity index (χ4v) is 4.77. The molecule has 0 saturated heterocycles. The lowest BCUT2D eigenvalue weighted by Crippen LogP contribution is -2.02. The van der Waals surface area contributed by atoms with Gasteiger partial charge in [0.15, 0.2) is 0 Å². The molecule has 0 fully saturated rings. The Labute approximate surface area is 161 Å². The first-order valence-corrected chi connectivity index (χ1v) is 13.0. The van der Waals surface area contributed by atoms with Gasteiger partial charge in [-0.3, -0.25) is 9.36 Å². The molecule has 0 amide bonds. The van der Waals surface area contributed by atoms with Gasteiger partial charge in [-0.2, -0.15) is 0 Å². The summed E-state index contributed by atoms with van der Waals surface area (Å²) in [4.78, 5) is 20.1. The molecule has 0 aromatic rings. The second kappa shape index (κ2) is 18.0. The lowest BCUT2D eigenvalue weighted by molar-refractivity contribution is -0.136. The normalized spacial score (nSPS) is 13.6. The summed E-state index contributed by atoms with van der Waals surface area (Å²) in [6.07, 6.45) is 20.5. The Bertz CT molecular complexity index is 371. The number of hydrogen-bond acceptors (Lipinski definition) is 2. The van der Waals surface area contributed by atoms with Gasteiger partial charge in [0.1, 0.15) is 0 Å². The topological polar surface area (TPSA) is 74.6 Å². The van der Waals surface area contributed by atoms with E-state index in [9.17, 15) is 14.3 Å². The zero-order valence-electron chi connectivity index (χ0n) is 17.1. The molecule has 0 bridgehead atoms. The van der Waals surface area contributed by atoms with Gasteiger partial charge in [0.25, 0.3) is 0 Å². The van der Waals surface area contributed by atoms with Crippen molar-refractivity contribution in [3.8, 4) is 0 Å². The van der Waals surface area contributed by atoms with Crippen LogP contribution in [0, 0.1) is 0 Å². The number of aliphatic carboxylic acids is 1.